The van der Waals surface area contributed by atoms with Crippen molar-refractivity contribution >= 4 is 24.8 Å². The van der Waals surface area contributed by atoms with Gasteiger partial charge in [0.05, 0.1) is 5.69 Å². The van der Waals surface area contributed by atoms with Crippen LogP contribution in [0.1, 0.15) is 0 Å². The van der Waals surface area contributed by atoms with Gasteiger partial charge in [-0.2, -0.15) is 5.10 Å². The first-order chi connectivity index (χ1) is 5.24. The molecule has 5 heteroatoms. The molecule has 0 aliphatic carbocycles. The molecule has 1 aromatic carbocycles. The van der Waals surface area contributed by atoms with Crippen LogP contribution in [0.5, 0.6) is 11.5 Å². The fraction of sp³-hybridized carbons (Fsp3) is 0. The largest absolute Gasteiger partial charge is 0.504 e. The summed E-state index contributed by atoms with van der Waals surface area (Å²) < 4.78 is 0. The first-order valence-corrected chi connectivity index (χ1v) is 2.98. The smallest absolute Gasteiger partial charge is 0.159 e. The molecule has 66 valence electrons. The maximum Gasteiger partial charge on any atom is 0.159 e. The van der Waals surface area contributed by atoms with E-state index in [1.165, 1.54) is 12.1 Å². The number of anilines is 1. The molecule has 0 atom stereocenters. The monoisotopic (exact) mass is 188 g/mol. The van der Waals surface area contributed by atoms with Crippen molar-refractivity contribution in [2.45, 2.75) is 0 Å². The number of hydrazone groups is 1. The summed E-state index contributed by atoms with van der Waals surface area (Å²) in [6.07, 6.45) is 0. The molecule has 0 unspecified atom stereocenters. The van der Waals surface area contributed by atoms with Crippen LogP contribution < -0.4 is 5.43 Å². The minimum Gasteiger partial charge on any atom is -0.504 e. The molecule has 0 spiro atoms. The second kappa shape index (κ2) is 4.46. The number of rotatable bonds is 2. The highest BCUT2D eigenvalue weighted by atomic mass is 35.5. The lowest BCUT2D eigenvalue weighted by molar-refractivity contribution is 0.404. The Morgan fingerprint density at radius 3 is 2.42 bits per heavy atom. The molecule has 0 amide bonds. The van der Waals surface area contributed by atoms with Gasteiger partial charge in [0.15, 0.2) is 11.5 Å². The third kappa shape index (κ3) is 2.32. The molecule has 1 rings (SSSR count). The number of aromatic hydroxyl groups is 2. The lowest BCUT2D eigenvalue weighted by Gasteiger charge is -2.00. The molecule has 1 aromatic rings. The Labute approximate surface area is 76.0 Å². The molecule has 0 bridgehead atoms. The second-order valence-electron chi connectivity index (χ2n) is 1.97. The van der Waals surface area contributed by atoms with E-state index >= 15 is 0 Å². The molecule has 0 heterocycles. The number of nitrogens with zero attached hydrogens (tertiary/aromatic N) is 1. The van der Waals surface area contributed by atoms with Gasteiger partial charge in [-0.25, -0.2) is 0 Å². The Bertz CT molecular complexity index is 278. The quantitative estimate of drug-likeness (QED) is 0.286. The minimum absolute atomic E-state index is 0. The fourth-order valence-electron chi connectivity index (χ4n) is 0.684. The number of benzene rings is 1. The van der Waals surface area contributed by atoms with Crippen LogP contribution in [0.4, 0.5) is 5.69 Å². The van der Waals surface area contributed by atoms with E-state index < -0.39 is 0 Å². The molecular weight excluding hydrogens is 180 g/mol. The molecule has 0 saturated carbocycles. The topological polar surface area (TPSA) is 64.9 Å². The maximum atomic E-state index is 8.97. The summed E-state index contributed by atoms with van der Waals surface area (Å²) in [7, 11) is 0. The predicted octanol–water partition coefficient (Wildman–Crippen LogP) is 1.55. The standard InChI is InChI=1S/C7H8N2O2.ClH/c1-8-9-5-2-3-6(10)7(11)4-5;/h2-4,9-11H,1H2;1H. The summed E-state index contributed by atoms with van der Waals surface area (Å²) in [5.74, 6) is -0.335. The van der Waals surface area contributed by atoms with E-state index in [2.05, 4.69) is 17.2 Å². The van der Waals surface area contributed by atoms with E-state index in [9.17, 15) is 0 Å². The zero-order valence-corrected chi connectivity index (χ0v) is 7.01. The van der Waals surface area contributed by atoms with Crippen molar-refractivity contribution in [3.63, 3.8) is 0 Å². The van der Waals surface area contributed by atoms with Gasteiger partial charge in [-0.1, -0.05) is 0 Å². The van der Waals surface area contributed by atoms with Crippen LogP contribution >= 0.6 is 12.4 Å². The van der Waals surface area contributed by atoms with Gasteiger partial charge in [0, 0.05) is 12.8 Å². The zero-order valence-electron chi connectivity index (χ0n) is 6.19. The first kappa shape index (κ1) is 10.6. The van der Waals surface area contributed by atoms with Gasteiger partial charge in [-0.05, 0) is 12.1 Å². The molecular formula is C7H9ClN2O2. The van der Waals surface area contributed by atoms with E-state index in [1.54, 1.807) is 6.07 Å². The fourth-order valence-corrected chi connectivity index (χ4v) is 0.684. The van der Waals surface area contributed by atoms with Crippen molar-refractivity contribution in [3.05, 3.63) is 18.2 Å². The Hall–Kier alpha value is -1.42. The second-order valence-corrected chi connectivity index (χ2v) is 1.97. The third-order valence-corrected chi connectivity index (χ3v) is 1.18. The first-order valence-electron chi connectivity index (χ1n) is 2.98. The van der Waals surface area contributed by atoms with Gasteiger partial charge < -0.3 is 10.2 Å². The van der Waals surface area contributed by atoms with Crippen molar-refractivity contribution in [2.24, 2.45) is 5.10 Å². The van der Waals surface area contributed by atoms with Crippen LogP contribution in [0.3, 0.4) is 0 Å². The predicted molar refractivity (Wildman–Crippen MR) is 50.2 cm³/mol. The summed E-state index contributed by atoms with van der Waals surface area (Å²) in [6.45, 7) is 3.20. The highest BCUT2D eigenvalue weighted by molar-refractivity contribution is 5.85. The van der Waals surface area contributed by atoms with Crippen LogP contribution in [-0.4, -0.2) is 16.9 Å². The van der Waals surface area contributed by atoms with Crippen LogP contribution in [0.15, 0.2) is 23.3 Å². The van der Waals surface area contributed by atoms with E-state index in [4.69, 9.17) is 10.2 Å². The van der Waals surface area contributed by atoms with Crippen molar-refractivity contribution in [3.8, 4) is 11.5 Å². The van der Waals surface area contributed by atoms with Crippen molar-refractivity contribution in [1.29, 1.82) is 0 Å². The van der Waals surface area contributed by atoms with Gasteiger partial charge in [0.2, 0.25) is 0 Å². The molecule has 0 fully saturated rings. The van der Waals surface area contributed by atoms with Gasteiger partial charge >= 0.3 is 0 Å². The van der Waals surface area contributed by atoms with E-state index in [1.807, 2.05) is 0 Å². The normalized spacial score (nSPS) is 8.33. The summed E-state index contributed by atoms with van der Waals surface area (Å²) in [5.41, 5.74) is 3.10. The molecule has 0 aliphatic rings. The average molecular weight is 189 g/mol. The van der Waals surface area contributed by atoms with E-state index in [-0.39, 0.29) is 23.9 Å². The van der Waals surface area contributed by atoms with Crippen molar-refractivity contribution in [1.82, 2.24) is 0 Å². The molecule has 0 radical (unpaired) electrons. The van der Waals surface area contributed by atoms with Crippen LogP contribution in [0.25, 0.3) is 0 Å². The van der Waals surface area contributed by atoms with Gasteiger partial charge in [-0.3, -0.25) is 5.43 Å². The molecule has 0 aromatic heterocycles. The minimum atomic E-state index is -0.182. The summed E-state index contributed by atoms with van der Waals surface area (Å²) >= 11 is 0. The summed E-state index contributed by atoms with van der Waals surface area (Å²) in [4.78, 5) is 0. The Morgan fingerprint density at radius 2 is 1.92 bits per heavy atom. The van der Waals surface area contributed by atoms with Crippen molar-refractivity contribution < 1.29 is 10.2 Å². The van der Waals surface area contributed by atoms with E-state index in [0.717, 1.165) is 0 Å². The Morgan fingerprint density at radius 1 is 1.25 bits per heavy atom. The molecule has 4 nitrogen and oxygen atoms in total. The highest BCUT2D eigenvalue weighted by Gasteiger charge is 1.97. The summed E-state index contributed by atoms with van der Waals surface area (Å²) in [6, 6.07) is 4.29. The summed E-state index contributed by atoms with van der Waals surface area (Å²) in [5, 5.41) is 21.2. The lowest BCUT2D eigenvalue weighted by atomic mass is 10.3. The maximum absolute atomic E-state index is 8.97. The number of nitrogens with one attached hydrogen (secondary N) is 1. The number of hydrogen-bond donors (Lipinski definition) is 3. The van der Waals surface area contributed by atoms with Gasteiger partial charge in [0.1, 0.15) is 0 Å². The van der Waals surface area contributed by atoms with E-state index in [0.29, 0.717) is 5.69 Å². The number of halogens is 1. The molecule has 12 heavy (non-hydrogen) atoms. The zero-order chi connectivity index (χ0) is 8.27. The van der Waals surface area contributed by atoms with Gasteiger partial charge in [0.25, 0.3) is 0 Å². The molecule has 3 N–H and O–H groups in total. The molecule has 0 saturated heterocycles. The lowest BCUT2D eigenvalue weighted by Crippen LogP contribution is -1.84. The average Bonchev–Trinajstić information content (AvgIpc) is 1.98. The molecule has 0 aliphatic heterocycles. The Kier molecular flexibility index (Phi) is 3.93. The van der Waals surface area contributed by atoms with Crippen LogP contribution in [0, 0.1) is 0 Å². The van der Waals surface area contributed by atoms with Crippen molar-refractivity contribution in [2.75, 3.05) is 5.43 Å². The van der Waals surface area contributed by atoms with Crippen LogP contribution in [0.2, 0.25) is 0 Å². The SMILES string of the molecule is C=NNc1ccc(O)c(O)c1.Cl. The number of phenolic OH excluding ortho intramolecular Hbond substituents is 2. The van der Waals surface area contributed by atoms with Crippen LogP contribution in [-0.2, 0) is 0 Å². The highest BCUT2D eigenvalue weighted by Crippen LogP contribution is 2.27. The number of phenols is 2. The number of hydrogen-bond acceptors (Lipinski definition) is 4. The van der Waals surface area contributed by atoms with Gasteiger partial charge in [-0.15, -0.1) is 12.4 Å². The Balaban J connectivity index is 0.00000121. The third-order valence-electron chi connectivity index (χ3n) is 1.18.